The summed E-state index contributed by atoms with van der Waals surface area (Å²) in [5.41, 5.74) is 5.06. The van der Waals surface area contributed by atoms with Crippen molar-refractivity contribution in [3.8, 4) is 0 Å². The van der Waals surface area contributed by atoms with Crippen LogP contribution < -0.4 is 15.4 Å². The number of nitrogens with one attached hydrogen (secondary N) is 3. The second-order valence-electron chi connectivity index (χ2n) is 23.1. The Labute approximate surface area is 391 Å². The lowest BCUT2D eigenvalue weighted by atomic mass is 9.67. The number of thiocarbonyl (C=S) groups is 1. The molecule has 8 nitrogen and oxygen atoms in total. The van der Waals surface area contributed by atoms with Crippen molar-refractivity contribution in [2.75, 3.05) is 31.5 Å². The van der Waals surface area contributed by atoms with Crippen LogP contribution in [-0.2, 0) is 9.59 Å². The molecule has 2 atom stereocenters. The molecular formula is C53H80N6O2S2. The Morgan fingerprint density at radius 1 is 0.730 bits per heavy atom. The predicted octanol–water partition coefficient (Wildman–Crippen LogP) is 12.0. The molecule has 3 N–H and O–H groups in total. The molecule has 0 radical (unpaired) electrons. The van der Waals surface area contributed by atoms with Crippen LogP contribution in [0.2, 0.25) is 0 Å². The summed E-state index contributed by atoms with van der Waals surface area (Å²) in [5.74, 6) is 0.290. The van der Waals surface area contributed by atoms with Crippen molar-refractivity contribution in [3.05, 3.63) is 95.0 Å². The highest BCUT2D eigenvalue weighted by Gasteiger charge is 2.45. The van der Waals surface area contributed by atoms with E-state index in [1.54, 1.807) is 0 Å². The summed E-state index contributed by atoms with van der Waals surface area (Å²) in [4.78, 5) is 37.0. The molecule has 10 heteroatoms. The van der Waals surface area contributed by atoms with Crippen LogP contribution in [0.5, 0.6) is 0 Å². The first-order valence-corrected chi connectivity index (χ1v) is 24.4. The Balaban J connectivity index is 1.25. The molecule has 346 valence electrons. The molecule has 63 heavy (non-hydrogen) atoms. The average Bonchev–Trinajstić information content (AvgIpc) is 3.16. The topological polar surface area (TPSA) is 80.0 Å². The average molecular weight is 897 g/mol. The van der Waals surface area contributed by atoms with Crippen LogP contribution in [0.4, 0.5) is 5.69 Å². The van der Waals surface area contributed by atoms with Gasteiger partial charge in [0.05, 0.1) is 0 Å². The first kappa shape index (κ1) is 50.2. The summed E-state index contributed by atoms with van der Waals surface area (Å²) in [5, 5.41) is 6.96. The van der Waals surface area contributed by atoms with Gasteiger partial charge in [0.2, 0.25) is 5.91 Å². The van der Waals surface area contributed by atoms with Crippen LogP contribution in [0.25, 0.3) is 0 Å². The van der Waals surface area contributed by atoms with Gasteiger partial charge in [0.1, 0.15) is 4.99 Å². The van der Waals surface area contributed by atoms with Gasteiger partial charge in [-0.05, 0) is 142 Å². The molecule has 0 aromatic heterocycles. The third-order valence-corrected chi connectivity index (χ3v) is 15.2. The van der Waals surface area contributed by atoms with Crippen LogP contribution >= 0.6 is 24.2 Å². The molecule has 3 aliphatic rings. The van der Waals surface area contributed by atoms with Crippen LogP contribution in [0.1, 0.15) is 147 Å². The molecule has 3 heterocycles. The van der Waals surface area contributed by atoms with E-state index in [0.29, 0.717) is 6.54 Å². The lowest BCUT2D eigenvalue weighted by molar-refractivity contribution is -0.119. The van der Waals surface area contributed by atoms with E-state index in [1.165, 1.54) is 23.1 Å². The van der Waals surface area contributed by atoms with Gasteiger partial charge in [-0.3, -0.25) is 14.3 Å². The largest absolute Gasteiger partial charge is 0.372 e. The third kappa shape index (κ3) is 12.1. The minimum Gasteiger partial charge on any atom is -0.372 e. The normalized spacial score (nSPS) is 21.2. The molecule has 2 amide bonds. The summed E-state index contributed by atoms with van der Waals surface area (Å²) >= 11 is 7.49. The number of benzene rings is 2. The molecule has 0 saturated carbocycles. The number of carbonyl (C=O) groups excluding carboxylic acids is 2. The molecule has 3 aliphatic heterocycles. The number of aryl methyl sites for hydroxylation is 1. The number of amides is 2. The Morgan fingerprint density at radius 3 is 1.90 bits per heavy atom. The number of anilines is 1. The highest BCUT2D eigenvalue weighted by Crippen LogP contribution is 2.48. The molecule has 0 bridgehead atoms. The maximum absolute atomic E-state index is 14.3. The van der Waals surface area contributed by atoms with Gasteiger partial charge < -0.3 is 25.3 Å². The quantitative estimate of drug-likeness (QED) is 0.110. The van der Waals surface area contributed by atoms with Crippen molar-refractivity contribution in [2.45, 2.75) is 164 Å². The van der Waals surface area contributed by atoms with E-state index in [2.05, 4.69) is 196 Å². The number of unbranched alkanes of at least 4 members (excludes halogenated alkanes) is 1. The summed E-state index contributed by atoms with van der Waals surface area (Å²) in [6.45, 7) is 38.8. The Hall–Kier alpha value is -3.76. The summed E-state index contributed by atoms with van der Waals surface area (Å²) in [6.07, 6.45) is 10.3. The zero-order valence-electron chi connectivity index (χ0n) is 41.6. The number of hydrogen-bond acceptors (Lipinski definition) is 7. The fourth-order valence-electron chi connectivity index (χ4n) is 9.10. The Morgan fingerprint density at radius 2 is 1.30 bits per heavy atom. The monoisotopic (exact) mass is 897 g/mol. The Bertz CT molecular complexity index is 2080. The molecule has 2 aromatic carbocycles. The first-order valence-electron chi connectivity index (χ1n) is 23.2. The smallest absolute Gasteiger partial charge is 0.259 e. The van der Waals surface area contributed by atoms with Gasteiger partial charge in [-0.25, -0.2) is 0 Å². The lowest BCUT2D eigenvalue weighted by Crippen LogP contribution is -2.50. The fourth-order valence-corrected chi connectivity index (χ4v) is 10.1. The van der Waals surface area contributed by atoms with Gasteiger partial charge >= 0.3 is 0 Å². The zero-order valence-corrected chi connectivity index (χ0v) is 43.3. The number of carbonyl (C=O) groups is 2. The number of hydrogen-bond donors (Lipinski definition) is 3. The lowest BCUT2D eigenvalue weighted by Gasteiger charge is -2.48. The predicted molar refractivity (Wildman–Crippen MR) is 271 cm³/mol. The molecule has 5 rings (SSSR count). The SMILES string of the molecule is Cc1ccc(SNC(=O)C2=CN(C(C)(C)C)CC(CCCCNC(=O)C3=CN(C(C)(C)C)CC(c4cccc(NC(=S)C5=CN(C(C)(C)C)CCC5(C)C)c4)C3(C)C)C2(C)C)cc1. The molecule has 0 saturated heterocycles. The molecular weight excluding hydrogens is 817 g/mol. The van der Waals surface area contributed by atoms with Gasteiger partial charge in [0.25, 0.3) is 5.91 Å². The van der Waals surface area contributed by atoms with Crippen LogP contribution in [0.3, 0.4) is 0 Å². The van der Waals surface area contributed by atoms with Crippen molar-refractivity contribution < 1.29 is 9.59 Å². The second kappa shape index (κ2) is 19.0. The van der Waals surface area contributed by atoms with Gasteiger partial charge in [0.15, 0.2) is 0 Å². The molecule has 0 spiro atoms. The number of rotatable bonds is 12. The van der Waals surface area contributed by atoms with E-state index < -0.39 is 5.41 Å². The molecule has 2 aromatic rings. The summed E-state index contributed by atoms with van der Waals surface area (Å²) in [7, 11) is 0. The van der Waals surface area contributed by atoms with E-state index in [1.807, 2.05) is 12.1 Å². The zero-order chi connectivity index (χ0) is 46.9. The van der Waals surface area contributed by atoms with E-state index in [4.69, 9.17) is 12.2 Å². The summed E-state index contributed by atoms with van der Waals surface area (Å²) < 4.78 is 3.13. The molecule has 0 aliphatic carbocycles. The van der Waals surface area contributed by atoms with Crippen LogP contribution in [-0.4, -0.2) is 74.3 Å². The standard InChI is InChI=1S/C53H80N6O2S2/c1-36-23-25-40(26-24-36)63-56-46(61)43-34-58(49(5,6)7)31-38(52(43,13)14)21-17-18-28-54-45(60)42-33-59(50(8,9)10)32-41(53(42,15)16)37-20-19-22-39(30-37)55-47(62)44-35-57(48(2,3)4)29-27-51(44,11)12/h19-20,22-26,30,33-35,38,41H,17-18,21,27-29,31-32H2,1-16H3,(H,54,60)(H,55,62)(H,56,61). The highest BCUT2D eigenvalue weighted by molar-refractivity contribution is 7.98. The van der Waals surface area contributed by atoms with Crippen LogP contribution in [0, 0.1) is 29.1 Å². The first-order chi connectivity index (χ1) is 29.0. The highest BCUT2D eigenvalue weighted by atomic mass is 32.2. The number of nitrogens with zero attached hydrogens (tertiary/aromatic N) is 3. The fraction of sp³-hybridized carbons (Fsp3) is 0.604. The van der Waals surface area contributed by atoms with Crippen molar-refractivity contribution in [2.24, 2.45) is 22.2 Å². The van der Waals surface area contributed by atoms with Crippen molar-refractivity contribution >= 4 is 46.7 Å². The maximum atomic E-state index is 14.3. The van der Waals surface area contributed by atoms with Gasteiger partial charge in [-0.1, -0.05) is 90.0 Å². The van der Waals surface area contributed by atoms with Gasteiger partial charge in [-0.15, -0.1) is 0 Å². The van der Waals surface area contributed by atoms with Crippen molar-refractivity contribution in [1.82, 2.24) is 24.7 Å². The van der Waals surface area contributed by atoms with Gasteiger partial charge in [0, 0.05) is 105 Å². The van der Waals surface area contributed by atoms with Crippen molar-refractivity contribution in [3.63, 3.8) is 0 Å². The van der Waals surface area contributed by atoms with Gasteiger partial charge in [-0.2, -0.15) is 0 Å². The Kier molecular flexibility index (Phi) is 15.1. The minimum absolute atomic E-state index is 0.00542. The van der Waals surface area contributed by atoms with E-state index >= 15 is 0 Å². The van der Waals surface area contributed by atoms with E-state index in [-0.39, 0.29) is 51.1 Å². The van der Waals surface area contributed by atoms with Crippen LogP contribution in [0.15, 0.2) is 88.7 Å². The van der Waals surface area contributed by atoms with E-state index in [0.717, 1.165) is 77.6 Å². The molecule has 0 fully saturated rings. The molecule has 2 unspecified atom stereocenters. The maximum Gasteiger partial charge on any atom is 0.259 e. The van der Waals surface area contributed by atoms with Crippen molar-refractivity contribution in [1.29, 1.82) is 0 Å². The summed E-state index contributed by atoms with van der Waals surface area (Å²) in [6, 6.07) is 16.9. The third-order valence-electron chi connectivity index (χ3n) is 14.1. The van der Waals surface area contributed by atoms with E-state index in [9.17, 15) is 9.59 Å². The minimum atomic E-state index is -0.435. The second-order valence-corrected chi connectivity index (χ2v) is 24.4.